The molecule has 1 saturated heterocycles. The van der Waals surface area contributed by atoms with Gasteiger partial charge in [0.25, 0.3) is 0 Å². The van der Waals surface area contributed by atoms with Crippen molar-refractivity contribution in [3.63, 3.8) is 0 Å². The first-order valence-corrected chi connectivity index (χ1v) is 12.3. The van der Waals surface area contributed by atoms with Gasteiger partial charge < -0.3 is 15.5 Å². The Morgan fingerprint density at radius 3 is 2.74 bits per heavy atom. The van der Waals surface area contributed by atoms with Crippen LogP contribution >= 0.6 is 0 Å². The maximum absolute atomic E-state index is 13.1. The van der Waals surface area contributed by atoms with Crippen LogP contribution in [0.5, 0.6) is 0 Å². The minimum atomic E-state index is -0.627. The Morgan fingerprint density at radius 1 is 1.15 bits per heavy atom. The molecule has 7 nitrogen and oxygen atoms in total. The van der Waals surface area contributed by atoms with Gasteiger partial charge in [0, 0.05) is 28.9 Å². The van der Waals surface area contributed by atoms with Crippen LogP contribution in [-0.2, 0) is 32.6 Å². The number of benzene rings is 1. The highest BCUT2D eigenvalue weighted by atomic mass is 16.2. The number of likely N-dealkylation sites (tertiary alicyclic amines) is 1. The summed E-state index contributed by atoms with van der Waals surface area (Å²) >= 11 is 0. The molecule has 2 unspecified atom stereocenters. The van der Waals surface area contributed by atoms with Gasteiger partial charge in [0.1, 0.15) is 12.4 Å². The van der Waals surface area contributed by atoms with Gasteiger partial charge in [-0.3, -0.25) is 14.4 Å². The number of pyridine rings is 1. The summed E-state index contributed by atoms with van der Waals surface area (Å²) in [6, 6.07) is 9.90. The van der Waals surface area contributed by atoms with Crippen molar-refractivity contribution in [2.24, 2.45) is 11.3 Å². The largest absolute Gasteiger partial charge is 0.330 e. The molecule has 1 aromatic heterocycles. The van der Waals surface area contributed by atoms with Crippen LogP contribution in [0.2, 0.25) is 0 Å². The molecule has 2 atom stereocenters. The van der Waals surface area contributed by atoms with Gasteiger partial charge in [-0.15, -0.1) is 0 Å². The van der Waals surface area contributed by atoms with Gasteiger partial charge in [-0.25, -0.2) is 4.98 Å². The molecule has 0 bridgehead atoms. The van der Waals surface area contributed by atoms with Crippen molar-refractivity contribution in [3.8, 4) is 0 Å². The quantitative estimate of drug-likeness (QED) is 0.734. The van der Waals surface area contributed by atoms with E-state index in [1.165, 1.54) is 0 Å². The predicted molar refractivity (Wildman–Crippen MR) is 128 cm³/mol. The third kappa shape index (κ3) is 3.32. The van der Waals surface area contributed by atoms with E-state index >= 15 is 0 Å². The van der Waals surface area contributed by atoms with Crippen molar-refractivity contribution in [2.45, 2.75) is 63.8 Å². The van der Waals surface area contributed by atoms with Crippen LogP contribution < -0.4 is 10.6 Å². The number of hydrogen-bond donors (Lipinski definition) is 2. The number of nitrogens with zero attached hydrogens (tertiary/aromatic N) is 2. The molecule has 2 aromatic rings. The number of anilines is 2. The van der Waals surface area contributed by atoms with E-state index in [1.807, 2.05) is 49.1 Å². The number of nitrogens with one attached hydrogen (secondary N) is 2. The van der Waals surface area contributed by atoms with Gasteiger partial charge in [-0.05, 0) is 73.8 Å². The fourth-order valence-corrected chi connectivity index (χ4v) is 6.17. The Bertz CT molecular complexity index is 1220. The molecule has 34 heavy (non-hydrogen) atoms. The molecule has 2 N–H and O–H groups in total. The molecule has 7 heteroatoms. The Morgan fingerprint density at radius 2 is 1.94 bits per heavy atom. The van der Waals surface area contributed by atoms with Crippen LogP contribution in [0.3, 0.4) is 0 Å². The Balaban J connectivity index is 1.19. The molecule has 3 amide bonds. The number of aromatic nitrogens is 1. The van der Waals surface area contributed by atoms with E-state index in [4.69, 9.17) is 0 Å². The Labute approximate surface area is 199 Å². The first kappa shape index (κ1) is 21.3. The fraction of sp³-hybridized carbons (Fsp3) is 0.481. The summed E-state index contributed by atoms with van der Waals surface area (Å²) in [5, 5.41) is 5.94. The molecule has 2 aliphatic carbocycles. The standard InChI is InChI=1S/C27H30N4O3/c1-26(2)10-9-21(16-5-6-16)31(25(26)34)15-22(32)29-19-8-7-17-13-27(14-18(17)12-19)20-4-3-11-28-23(20)30-24(27)33/h3-4,7-8,11-12,16,21H,5-6,9-10,13-15H2,1-2H3,(H,29,32)(H,28,30,33). The number of carbonyl (C=O) groups excluding carboxylic acids is 3. The van der Waals surface area contributed by atoms with Gasteiger partial charge in [0.05, 0.1) is 5.41 Å². The Hall–Kier alpha value is -3.22. The second-order valence-corrected chi connectivity index (χ2v) is 11.1. The molecule has 3 heterocycles. The first-order chi connectivity index (χ1) is 16.3. The molecule has 6 rings (SSSR count). The zero-order valence-electron chi connectivity index (χ0n) is 19.7. The van der Waals surface area contributed by atoms with Crippen molar-refractivity contribution in [2.75, 3.05) is 17.2 Å². The highest BCUT2D eigenvalue weighted by Crippen LogP contribution is 2.47. The van der Waals surface area contributed by atoms with Crippen molar-refractivity contribution < 1.29 is 14.4 Å². The summed E-state index contributed by atoms with van der Waals surface area (Å²) in [5.41, 5.74) is 2.79. The number of amides is 3. The van der Waals surface area contributed by atoms with E-state index in [9.17, 15) is 14.4 Å². The van der Waals surface area contributed by atoms with Gasteiger partial charge >= 0.3 is 0 Å². The smallest absolute Gasteiger partial charge is 0.244 e. The SMILES string of the molecule is CC1(C)CCC(C2CC2)N(CC(=O)Nc2ccc3c(c2)CC2(C3)C(=O)Nc3ncccc32)C1=O. The van der Waals surface area contributed by atoms with Crippen LogP contribution in [0.25, 0.3) is 0 Å². The first-order valence-electron chi connectivity index (χ1n) is 12.3. The monoisotopic (exact) mass is 458 g/mol. The lowest BCUT2D eigenvalue weighted by Gasteiger charge is -2.43. The van der Waals surface area contributed by atoms with Crippen LogP contribution in [0.1, 0.15) is 56.2 Å². The number of hydrogen-bond acceptors (Lipinski definition) is 4. The second kappa shape index (κ2) is 7.39. The molecule has 1 spiro atoms. The molecular formula is C27H30N4O3. The minimum Gasteiger partial charge on any atom is -0.330 e. The van der Waals surface area contributed by atoms with Gasteiger partial charge in [0.2, 0.25) is 17.7 Å². The number of rotatable bonds is 4. The van der Waals surface area contributed by atoms with E-state index in [2.05, 4.69) is 15.6 Å². The molecule has 1 aromatic carbocycles. The Kier molecular flexibility index (Phi) is 4.63. The van der Waals surface area contributed by atoms with Crippen LogP contribution in [0.15, 0.2) is 36.5 Å². The molecule has 2 aliphatic heterocycles. The van der Waals surface area contributed by atoms with Gasteiger partial charge in [0.15, 0.2) is 0 Å². The molecule has 176 valence electrons. The van der Waals surface area contributed by atoms with Crippen LogP contribution in [-0.4, -0.2) is 40.2 Å². The predicted octanol–water partition coefficient (Wildman–Crippen LogP) is 3.44. The molecule has 0 radical (unpaired) electrons. The summed E-state index contributed by atoms with van der Waals surface area (Å²) in [6.07, 6.45) is 7.04. The zero-order valence-corrected chi connectivity index (χ0v) is 19.7. The molecule has 1 saturated carbocycles. The van der Waals surface area contributed by atoms with Crippen molar-refractivity contribution >= 4 is 29.2 Å². The van der Waals surface area contributed by atoms with E-state index in [1.54, 1.807) is 6.20 Å². The zero-order chi connectivity index (χ0) is 23.7. The average molecular weight is 459 g/mol. The number of fused-ring (bicyclic) bond motifs is 3. The van der Waals surface area contributed by atoms with Gasteiger partial charge in [-0.2, -0.15) is 0 Å². The van der Waals surface area contributed by atoms with Crippen molar-refractivity contribution in [1.82, 2.24) is 9.88 Å². The normalized spacial score (nSPS) is 26.9. The van der Waals surface area contributed by atoms with E-state index in [0.29, 0.717) is 30.3 Å². The van der Waals surface area contributed by atoms with Crippen molar-refractivity contribution in [1.29, 1.82) is 0 Å². The van der Waals surface area contributed by atoms with Crippen LogP contribution in [0.4, 0.5) is 11.5 Å². The summed E-state index contributed by atoms with van der Waals surface area (Å²) in [7, 11) is 0. The third-order valence-electron chi connectivity index (χ3n) is 8.25. The highest BCUT2D eigenvalue weighted by molar-refractivity contribution is 6.06. The maximum atomic E-state index is 13.1. The lowest BCUT2D eigenvalue weighted by Crippen LogP contribution is -2.54. The lowest BCUT2D eigenvalue weighted by atomic mass is 9.79. The van der Waals surface area contributed by atoms with Crippen LogP contribution in [0, 0.1) is 11.3 Å². The van der Waals surface area contributed by atoms with Gasteiger partial charge in [-0.1, -0.05) is 26.0 Å². The highest BCUT2D eigenvalue weighted by Gasteiger charge is 2.51. The summed E-state index contributed by atoms with van der Waals surface area (Å²) in [5.74, 6) is 1.09. The minimum absolute atomic E-state index is 0.0136. The van der Waals surface area contributed by atoms with Crippen molar-refractivity contribution in [3.05, 3.63) is 53.2 Å². The summed E-state index contributed by atoms with van der Waals surface area (Å²) < 4.78 is 0. The second-order valence-electron chi connectivity index (χ2n) is 11.1. The topological polar surface area (TPSA) is 91.4 Å². The summed E-state index contributed by atoms with van der Waals surface area (Å²) in [4.78, 5) is 45.2. The fourth-order valence-electron chi connectivity index (χ4n) is 6.17. The van der Waals surface area contributed by atoms with E-state index < -0.39 is 10.8 Å². The van der Waals surface area contributed by atoms with E-state index in [0.717, 1.165) is 42.4 Å². The molecular weight excluding hydrogens is 428 g/mol. The average Bonchev–Trinajstić information content (AvgIpc) is 3.51. The number of piperidine rings is 1. The molecule has 4 aliphatic rings. The number of carbonyl (C=O) groups is 3. The summed E-state index contributed by atoms with van der Waals surface area (Å²) in [6.45, 7) is 4.05. The molecule has 2 fully saturated rings. The maximum Gasteiger partial charge on any atom is 0.244 e. The third-order valence-corrected chi connectivity index (χ3v) is 8.25. The van der Waals surface area contributed by atoms with E-state index in [-0.39, 0.29) is 30.3 Å². The lowest BCUT2D eigenvalue weighted by molar-refractivity contribution is -0.150.